The van der Waals surface area contributed by atoms with Crippen molar-refractivity contribution in [3.63, 3.8) is 0 Å². The van der Waals surface area contributed by atoms with Gasteiger partial charge in [0.2, 0.25) is 0 Å². The van der Waals surface area contributed by atoms with Crippen molar-refractivity contribution < 1.29 is 23.8 Å². The van der Waals surface area contributed by atoms with Crippen LogP contribution in [0.4, 0.5) is 4.39 Å². The van der Waals surface area contributed by atoms with E-state index in [1.54, 1.807) is 6.92 Å². The molecule has 1 aromatic heterocycles. The minimum absolute atomic E-state index is 0.0581. The van der Waals surface area contributed by atoms with Crippen LogP contribution in [0.25, 0.3) is 0 Å². The van der Waals surface area contributed by atoms with Crippen molar-refractivity contribution in [3.05, 3.63) is 29.8 Å². The summed E-state index contributed by atoms with van der Waals surface area (Å²) >= 11 is 0. The molecule has 1 fully saturated rings. The Hall–Kier alpha value is -2.02. The first-order chi connectivity index (χ1) is 9.56. The highest BCUT2D eigenvalue weighted by Gasteiger charge is 2.40. The second-order valence-electron chi connectivity index (χ2n) is 4.50. The van der Waals surface area contributed by atoms with Crippen LogP contribution in [0.5, 0.6) is 0 Å². The molecule has 2 rings (SSSR count). The second-order valence-corrected chi connectivity index (χ2v) is 4.50. The molecule has 7 heteroatoms. The lowest BCUT2D eigenvalue weighted by Crippen LogP contribution is -2.46. The van der Waals surface area contributed by atoms with Crippen LogP contribution in [0.15, 0.2) is 18.5 Å². The van der Waals surface area contributed by atoms with Crippen LogP contribution in [0, 0.1) is 11.7 Å². The Morgan fingerprint density at radius 1 is 1.55 bits per heavy atom. The Balaban J connectivity index is 2.26. The van der Waals surface area contributed by atoms with E-state index in [9.17, 15) is 14.0 Å². The van der Waals surface area contributed by atoms with Crippen molar-refractivity contribution in [1.82, 2.24) is 9.88 Å². The maximum atomic E-state index is 13.6. The zero-order valence-electron chi connectivity index (χ0n) is 11.0. The van der Waals surface area contributed by atoms with E-state index in [-0.39, 0.29) is 25.3 Å². The molecule has 0 radical (unpaired) electrons. The molecule has 20 heavy (non-hydrogen) atoms. The summed E-state index contributed by atoms with van der Waals surface area (Å²) in [5.41, 5.74) is -0.113. The molecule has 6 nitrogen and oxygen atoms in total. The Morgan fingerprint density at radius 3 is 2.90 bits per heavy atom. The predicted octanol–water partition coefficient (Wildman–Crippen LogP) is 0.782. The quantitative estimate of drug-likeness (QED) is 0.883. The van der Waals surface area contributed by atoms with Crippen LogP contribution in [0.2, 0.25) is 0 Å². The fourth-order valence-corrected chi connectivity index (χ4v) is 2.32. The molecule has 1 aromatic rings. The van der Waals surface area contributed by atoms with Gasteiger partial charge in [0.05, 0.1) is 31.0 Å². The number of nitrogens with zero attached hydrogens (tertiary/aromatic N) is 2. The van der Waals surface area contributed by atoms with Gasteiger partial charge in [-0.2, -0.15) is 0 Å². The van der Waals surface area contributed by atoms with Gasteiger partial charge in [0.1, 0.15) is 5.92 Å². The number of pyridine rings is 1. The number of amides is 1. The molecule has 2 atom stereocenters. The number of carbonyl (C=O) groups excluding carboxylic acids is 1. The average molecular weight is 282 g/mol. The number of aromatic nitrogens is 1. The zero-order chi connectivity index (χ0) is 14.7. The number of ether oxygens (including phenoxy) is 1. The molecule has 1 saturated heterocycles. The molecular weight excluding hydrogens is 267 g/mol. The van der Waals surface area contributed by atoms with E-state index in [0.29, 0.717) is 0 Å². The zero-order valence-corrected chi connectivity index (χ0v) is 11.0. The molecule has 0 aromatic carbocycles. The highest BCUT2D eigenvalue weighted by Crippen LogP contribution is 2.22. The molecule has 1 aliphatic rings. The number of halogens is 1. The van der Waals surface area contributed by atoms with Crippen molar-refractivity contribution in [2.45, 2.75) is 13.0 Å². The molecule has 0 bridgehead atoms. The Kier molecular flexibility index (Phi) is 4.29. The molecule has 2 heterocycles. The standard InChI is InChI=1S/C13H15FN2O4/c1-2-16(11-7-20-6-9(11)13(18)19)12(17)8-3-4-15-5-10(8)14/h3-5,9,11H,2,6-7H2,1H3,(H,18,19). The van der Waals surface area contributed by atoms with Crippen LogP contribution >= 0.6 is 0 Å². The molecule has 2 unspecified atom stereocenters. The fourth-order valence-electron chi connectivity index (χ4n) is 2.32. The predicted molar refractivity (Wildman–Crippen MR) is 66.6 cm³/mol. The lowest BCUT2D eigenvalue weighted by molar-refractivity contribution is -0.142. The van der Waals surface area contributed by atoms with E-state index >= 15 is 0 Å². The number of likely N-dealkylation sites (N-methyl/N-ethyl adjacent to an activating group) is 1. The van der Waals surface area contributed by atoms with Gasteiger partial charge < -0.3 is 14.7 Å². The number of rotatable bonds is 4. The van der Waals surface area contributed by atoms with Gasteiger partial charge in [0.15, 0.2) is 5.82 Å². The molecule has 1 N–H and O–H groups in total. The SMILES string of the molecule is CCN(C(=O)c1ccncc1F)C1COCC1C(=O)O. The first-order valence-electron chi connectivity index (χ1n) is 6.27. The summed E-state index contributed by atoms with van der Waals surface area (Å²) in [5.74, 6) is -3.08. The van der Waals surface area contributed by atoms with Crippen molar-refractivity contribution in [3.8, 4) is 0 Å². The molecule has 108 valence electrons. The summed E-state index contributed by atoms with van der Waals surface area (Å²) in [5, 5.41) is 9.13. The Bertz CT molecular complexity index is 523. The lowest BCUT2D eigenvalue weighted by Gasteiger charge is -2.29. The summed E-state index contributed by atoms with van der Waals surface area (Å²) in [6, 6.07) is 0.698. The third-order valence-electron chi connectivity index (χ3n) is 3.37. The normalized spacial score (nSPS) is 21.7. The van der Waals surface area contributed by atoms with Gasteiger partial charge in [-0.25, -0.2) is 4.39 Å². The minimum atomic E-state index is -1.02. The second kappa shape index (κ2) is 5.96. The molecule has 0 saturated carbocycles. The number of carboxylic acids is 1. The number of carbonyl (C=O) groups is 2. The average Bonchev–Trinajstić information content (AvgIpc) is 2.89. The molecule has 1 aliphatic heterocycles. The van der Waals surface area contributed by atoms with Crippen LogP contribution in [-0.4, -0.2) is 52.7 Å². The van der Waals surface area contributed by atoms with Crippen molar-refractivity contribution >= 4 is 11.9 Å². The van der Waals surface area contributed by atoms with E-state index in [2.05, 4.69) is 4.98 Å². The van der Waals surface area contributed by atoms with Gasteiger partial charge in [-0.05, 0) is 13.0 Å². The fraction of sp³-hybridized carbons (Fsp3) is 0.462. The van der Waals surface area contributed by atoms with Crippen molar-refractivity contribution in [1.29, 1.82) is 0 Å². The van der Waals surface area contributed by atoms with Crippen molar-refractivity contribution in [2.75, 3.05) is 19.8 Å². The summed E-state index contributed by atoms with van der Waals surface area (Å²) in [7, 11) is 0. The van der Waals surface area contributed by atoms with Crippen LogP contribution in [0.3, 0.4) is 0 Å². The smallest absolute Gasteiger partial charge is 0.311 e. The summed E-state index contributed by atoms with van der Waals surface area (Å²) in [6.07, 6.45) is 2.28. The van der Waals surface area contributed by atoms with Gasteiger partial charge in [-0.1, -0.05) is 0 Å². The summed E-state index contributed by atoms with van der Waals surface area (Å²) < 4.78 is 18.8. The molecule has 0 aliphatic carbocycles. The van der Waals surface area contributed by atoms with Gasteiger partial charge in [-0.15, -0.1) is 0 Å². The van der Waals surface area contributed by atoms with E-state index in [1.807, 2.05) is 0 Å². The highest BCUT2D eigenvalue weighted by molar-refractivity contribution is 5.95. The third-order valence-corrected chi connectivity index (χ3v) is 3.37. The molecular formula is C13H15FN2O4. The third kappa shape index (κ3) is 2.62. The van der Waals surface area contributed by atoms with Crippen molar-refractivity contribution in [2.24, 2.45) is 5.92 Å². The molecule has 0 spiro atoms. The largest absolute Gasteiger partial charge is 0.481 e. The topological polar surface area (TPSA) is 79.7 Å². The van der Waals surface area contributed by atoms with Gasteiger partial charge in [0.25, 0.3) is 5.91 Å². The molecule has 1 amide bonds. The van der Waals surface area contributed by atoms with Gasteiger partial charge in [-0.3, -0.25) is 14.6 Å². The van der Waals surface area contributed by atoms with Gasteiger partial charge >= 0.3 is 5.97 Å². The van der Waals surface area contributed by atoms with E-state index < -0.39 is 29.7 Å². The highest BCUT2D eigenvalue weighted by atomic mass is 19.1. The number of aliphatic carboxylic acids is 1. The van der Waals surface area contributed by atoms with E-state index in [4.69, 9.17) is 9.84 Å². The van der Waals surface area contributed by atoms with Crippen LogP contribution < -0.4 is 0 Å². The van der Waals surface area contributed by atoms with E-state index in [1.165, 1.54) is 17.2 Å². The van der Waals surface area contributed by atoms with Gasteiger partial charge in [0, 0.05) is 12.7 Å². The first kappa shape index (κ1) is 14.4. The maximum absolute atomic E-state index is 13.6. The summed E-state index contributed by atoms with van der Waals surface area (Å²) in [4.78, 5) is 28.4. The summed E-state index contributed by atoms with van der Waals surface area (Å²) in [6.45, 7) is 2.19. The van der Waals surface area contributed by atoms with Crippen LogP contribution in [-0.2, 0) is 9.53 Å². The Morgan fingerprint density at radius 2 is 2.30 bits per heavy atom. The minimum Gasteiger partial charge on any atom is -0.481 e. The number of hydrogen-bond donors (Lipinski definition) is 1. The lowest BCUT2D eigenvalue weighted by atomic mass is 10.0. The maximum Gasteiger partial charge on any atom is 0.311 e. The van der Waals surface area contributed by atoms with E-state index in [0.717, 1.165) is 6.20 Å². The first-order valence-corrected chi connectivity index (χ1v) is 6.27. The number of hydrogen-bond acceptors (Lipinski definition) is 4. The monoisotopic (exact) mass is 282 g/mol. The number of carboxylic acid groups (broad SMARTS) is 1. The Labute approximate surface area is 115 Å². The van der Waals surface area contributed by atoms with Crippen LogP contribution in [0.1, 0.15) is 17.3 Å².